The van der Waals surface area contributed by atoms with E-state index in [4.69, 9.17) is 0 Å². The first-order valence-electron chi connectivity index (χ1n) is 6.34. The highest BCUT2D eigenvalue weighted by molar-refractivity contribution is 5.53. The fraction of sp³-hybridized carbons (Fsp3) is 0.571. The second-order valence-corrected chi connectivity index (χ2v) is 4.57. The molecule has 0 radical (unpaired) electrons. The molecule has 1 rings (SSSR count). The van der Waals surface area contributed by atoms with Crippen LogP contribution in [0.1, 0.15) is 24.5 Å². The first-order chi connectivity index (χ1) is 8.54. The van der Waals surface area contributed by atoms with Crippen LogP contribution in [0.3, 0.4) is 0 Å². The summed E-state index contributed by atoms with van der Waals surface area (Å²) in [5.41, 5.74) is 3.10. The Bertz CT molecular complexity index is 367. The van der Waals surface area contributed by atoms with Gasteiger partial charge in [0.25, 0.3) is 6.43 Å². The Morgan fingerprint density at radius 3 is 2.61 bits per heavy atom. The van der Waals surface area contributed by atoms with Gasteiger partial charge in [-0.05, 0) is 37.1 Å². The number of alkyl halides is 2. The topological polar surface area (TPSA) is 15.3 Å². The number of hydrogen-bond acceptors (Lipinski definition) is 2. The van der Waals surface area contributed by atoms with Crippen LogP contribution in [0.5, 0.6) is 0 Å². The third-order valence-electron chi connectivity index (χ3n) is 2.84. The van der Waals surface area contributed by atoms with E-state index in [1.165, 1.54) is 5.56 Å². The Morgan fingerprint density at radius 1 is 1.33 bits per heavy atom. The number of nitrogens with zero attached hydrogens (tertiary/aromatic N) is 1. The minimum Gasteiger partial charge on any atom is -0.369 e. The zero-order valence-corrected chi connectivity index (χ0v) is 11.3. The van der Waals surface area contributed by atoms with Gasteiger partial charge in [-0.25, -0.2) is 8.78 Å². The quantitative estimate of drug-likeness (QED) is 0.754. The van der Waals surface area contributed by atoms with Crippen molar-refractivity contribution in [3.05, 3.63) is 29.3 Å². The molecule has 0 fully saturated rings. The van der Waals surface area contributed by atoms with Crippen LogP contribution < -0.4 is 10.2 Å². The van der Waals surface area contributed by atoms with E-state index < -0.39 is 6.43 Å². The number of hydrogen-bond donors (Lipinski definition) is 1. The van der Waals surface area contributed by atoms with E-state index in [-0.39, 0.29) is 6.54 Å². The van der Waals surface area contributed by atoms with Crippen LogP contribution in [0.4, 0.5) is 14.5 Å². The Labute approximate surface area is 108 Å². The monoisotopic (exact) mass is 256 g/mol. The van der Waals surface area contributed by atoms with Crippen molar-refractivity contribution in [2.45, 2.75) is 33.2 Å². The van der Waals surface area contributed by atoms with Gasteiger partial charge in [-0.2, -0.15) is 0 Å². The molecule has 0 spiro atoms. The molecule has 1 N–H and O–H groups in total. The van der Waals surface area contributed by atoms with Gasteiger partial charge in [0.05, 0.1) is 6.54 Å². The number of benzene rings is 1. The summed E-state index contributed by atoms with van der Waals surface area (Å²) in [7, 11) is 1.70. The third-order valence-corrected chi connectivity index (χ3v) is 2.84. The van der Waals surface area contributed by atoms with Gasteiger partial charge in [0.15, 0.2) is 0 Å². The predicted molar refractivity (Wildman–Crippen MR) is 72.5 cm³/mol. The van der Waals surface area contributed by atoms with Crippen molar-refractivity contribution in [2.24, 2.45) is 0 Å². The molecule has 2 nitrogen and oxygen atoms in total. The van der Waals surface area contributed by atoms with Crippen molar-refractivity contribution in [2.75, 3.05) is 25.0 Å². The molecule has 4 heteroatoms. The summed E-state index contributed by atoms with van der Waals surface area (Å²) < 4.78 is 24.7. The van der Waals surface area contributed by atoms with Crippen LogP contribution in [0.25, 0.3) is 0 Å². The highest BCUT2D eigenvalue weighted by Crippen LogP contribution is 2.20. The van der Waals surface area contributed by atoms with Gasteiger partial charge >= 0.3 is 0 Å². The van der Waals surface area contributed by atoms with E-state index >= 15 is 0 Å². The molecule has 0 aliphatic heterocycles. The van der Waals surface area contributed by atoms with Crippen LogP contribution >= 0.6 is 0 Å². The molecule has 0 bridgehead atoms. The van der Waals surface area contributed by atoms with Crippen molar-refractivity contribution in [3.63, 3.8) is 0 Å². The minimum absolute atomic E-state index is 0.228. The molecule has 0 unspecified atom stereocenters. The molecule has 1 aromatic carbocycles. The minimum atomic E-state index is -2.31. The van der Waals surface area contributed by atoms with Gasteiger partial charge in [0.1, 0.15) is 0 Å². The molecule has 0 aromatic heterocycles. The fourth-order valence-corrected chi connectivity index (χ4v) is 1.97. The van der Waals surface area contributed by atoms with Crippen LogP contribution in [-0.4, -0.2) is 26.6 Å². The average molecular weight is 256 g/mol. The number of nitrogens with one attached hydrogen (secondary N) is 1. The summed E-state index contributed by atoms with van der Waals surface area (Å²) >= 11 is 0. The summed E-state index contributed by atoms with van der Waals surface area (Å²) in [6.07, 6.45) is -1.20. The number of halogens is 2. The molecule has 102 valence electrons. The Balaban J connectivity index is 2.67. The highest BCUT2D eigenvalue weighted by Gasteiger charge is 2.10. The zero-order chi connectivity index (χ0) is 13.5. The SMILES string of the molecule is CCCNCc1ccc(N(C)CC(F)F)c(C)c1. The van der Waals surface area contributed by atoms with E-state index in [1.54, 1.807) is 11.9 Å². The molecule has 0 amide bonds. The lowest BCUT2D eigenvalue weighted by Crippen LogP contribution is -2.24. The van der Waals surface area contributed by atoms with Crippen molar-refractivity contribution in [1.82, 2.24) is 5.32 Å². The Morgan fingerprint density at radius 2 is 2.06 bits per heavy atom. The second-order valence-electron chi connectivity index (χ2n) is 4.57. The fourth-order valence-electron chi connectivity index (χ4n) is 1.97. The molecule has 0 aliphatic rings. The van der Waals surface area contributed by atoms with Gasteiger partial charge in [-0.3, -0.25) is 0 Å². The molecule has 0 saturated heterocycles. The third kappa shape index (κ3) is 4.61. The molecule has 0 heterocycles. The van der Waals surface area contributed by atoms with Gasteiger partial charge in [-0.15, -0.1) is 0 Å². The Kier molecular flexibility index (Phi) is 6.05. The summed E-state index contributed by atoms with van der Waals surface area (Å²) in [4.78, 5) is 1.60. The van der Waals surface area contributed by atoms with Crippen molar-refractivity contribution < 1.29 is 8.78 Å². The number of anilines is 1. The predicted octanol–water partition coefficient (Wildman–Crippen LogP) is 3.20. The summed E-state index contributed by atoms with van der Waals surface area (Å²) in [6, 6.07) is 5.97. The van der Waals surface area contributed by atoms with Crippen molar-refractivity contribution in [3.8, 4) is 0 Å². The molecular weight excluding hydrogens is 234 g/mol. The number of rotatable bonds is 7. The first kappa shape index (κ1) is 14.9. The summed E-state index contributed by atoms with van der Waals surface area (Å²) in [5.74, 6) is 0. The maximum Gasteiger partial charge on any atom is 0.255 e. The van der Waals surface area contributed by atoms with Crippen LogP contribution in [0.2, 0.25) is 0 Å². The normalized spacial score (nSPS) is 11.0. The van der Waals surface area contributed by atoms with Crippen LogP contribution in [0, 0.1) is 6.92 Å². The van der Waals surface area contributed by atoms with E-state index in [0.717, 1.165) is 30.8 Å². The maximum atomic E-state index is 12.3. The molecule has 0 saturated carbocycles. The zero-order valence-electron chi connectivity index (χ0n) is 11.3. The van der Waals surface area contributed by atoms with E-state index in [9.17, 15) is 8.78 Å². The van der Waals surface area contributed by atoms with E-state index in [0.29, 0.717) is 0 Å². The smallest absolute Gasteiger partial charge is 0.255 e. The van der Waals surface area contributed by atoms with Crippen LogP contribution in [-0.2, 0) is 6.54 Å². The Hall–Kier alpha value is -1.16. The highest BCUT2D eigenvalue weighted by atomic mass is 19.3. The van der Waals surface area contributed by atoms with Crippen molar-refractivity contribution >= 4 is 5.69 Å². The van der Waals surface area contributed by atoms with Crippen molar-refractivity contribution in [1.29, 1.82) is 0 Å². The van der Waals surface area contributed by atoms with Gasteiger partial charge < -0.3 is 10.2 Å². The molecule has 1 aromatic rings. The van der Waals surface area contributed by atoms with Gasteiger partial charge in [0.2, 0.25) is 0 Å². The van der Waals surface area contributed by atoms with E-state index in [1.807, 2.05) is 19.1 Å². The lowest BCUT2D eigenvalue weighted by atomic mass is 10.1. The summed E-state index contributed by atoms with van der Waals surface area (Å²) in [5, 5.41) is 3.33. The molecular formula is C14H22F2N2. The lowest BCUT2D eigenvalue weighted by molar-refractivity contribution is 0.156. The van der Waals surface area contributed by atoms with Crippen LogP contribution in [0.15, 0.2) is 18.2 Å². The average Bonchev–Trinajstić information content (AvgIpc) is 2.28. The van der Waals surface area contributed by atoms with Gasteiger partial charge in [-0.1, -0.05) is 19.1 Å². The molecule has 0 aliphatic carbocycles. The second kappa shape index (κ2) is 7.31. The largest absolute Gasteiger partial charge is 0.369 e. The lowest BCUT2D eigenvalue weighted by Gasteiger charge is -2.21. The summed E-state index contributed by atoms with van der Waals surface area (Å²) in [6.45, 7) is 5.68. The first-order valence-corrected chi connectivity index (χ1v) is 6.34. The maximum absolute atomic E-state index is 12.3. The molecule has 0 atom stereocenters. The molecule has 18 heavy (non-hydrogen) atoms. The van der Waals surface area contributed by atoms with E-state index in [2.05, 4.69) is 18.3 Å². The van der Waals surface area contributed by atoms with Gasteiger partial charge in [0, 0.05) is 19.3 Å². The number of aryl methyl sites for hydroxylation is 1. The standard InChI is InChI=1S/C14H22F2N2/c1-4-7-17-9-12-5-6-13(11(2)8-12)18(3)10-14(15)16/h5-6,8,14,17H,4,7,9-10H2,1-3H3.